The first-order valence-corrected chi connectivity index (χ1v) is 5.96. The van der Waals surface area contributed by atoms with Crippen molar-refractivity contribution in [3.63, 3.8) is 0 Å². The molecular weight excluding hydrogens is 222 g/mol. The van der Waals surface area contributed by atoms with E-state index in [-0.39, 0.29) is 0 Å². The molecule has 1 saturated heterocycles. The number of likely N-dealkylation sites (N-methyl/N-ethyl adjacent to an activating group) is 1. The molecule has 4 heteroatoms. The van der Waals surface area contributed by atoms with E-state index in [1.165, 1.54) is 0 Å². The molecule has 2 N–H and O–H groups in total. The van der Waals surface area contributed by atoms with E-state index in [2.05, 4.69) is 23.8 Å². The van der Waals surface area contributed by atoms with E-state index in [4.69, 9.17) is 17.3 Å². The minimum atomic E-state index is 0.488. The van der Waals surface area contributed by atoms with Crippen LogP contribution >= 0.6 is 11.6 Å². The molecule has 0 amide bonds. The second kappa shape index (κ2) is 4.52. The molecule has 0 aromatic heterocycles. The number of benzene rings is 1. The molecule has 0 radical (unpaired) electrons. The van der Waals surface area contributed by atoms with E-state index >= 15 is 0 Å². The van der Waals surface area contributed by atoms with Crippen molar-refractivity contribution < 1.29 is 0 Å². The zero-order chi connectivity index (χ0) is 11.7. The zero-order valence-electron chi connectivity index (χ0n) is 9.78. The molecule has 16 heavy (non-hydrogen) atoms. The van der Waals surface area contributed by atoms with Crippen molar-refractivity contribution in [1.82, 2.24) is 4.90 Å². The summed E-state index contributed by atoms with van der Waals surface area (Å²) in [4.78, 5) is 4.69. The summed E-state index contributed by atoms with van der Waals surface area (Å²) < 4.78 is 0. The van der Waals surface area contributed by atoms with Crippen LogP contribution in [0.4, 0.5) is 11.4 Å². The molecule has 0 saturated carbocycles. The maximum atomic E-state index is 6.01. The molecular formula is C12H18ClN3. The third-order valence-electron chi connectivity index (χ3n) is 3.13. The SMILES string of the molecule is CC1CN(C)CCN1c1ccc(Cl)cc1N. The van der Waals surface area contributed by atoms with Crippen LogP contribution in [0.25, 0.3) is 0 Å². The number of rotatable bonds is 1. The standard InChI is InChI=1S/C12H18ClN3/c1-9-8-15(2)5-6-16(9)12-4-3-10(13)7-11(12)14/h3-4,7,9H,5-6,8,14H2,1-2H3. The highest BCUT2D eigenvalue weighted by atomic mass is 35.5. The number of nitrogens with zero attached hydrogens (tertiary/aromatic N) is 2. The zero-order valence-corrected chi connectivity index (χ0v) is 10.5. The summed E-state index contributed by atoms with van der Waals surface area (Å²) in [6.07, 6.45) is 0. The molecule has 1 atom stereocenters. The summed E-state index contributed by atoms with van der Waals surface area (Å²) in [6.45, 7) is 5.39. The quantitative estimate of drug-likeness (QED) is 0.762. The molecule has 3 nitrogen and oxygen atoms in total. The van der Waals surface area contributed by atoms with Gasteiger partial charge in [0.1, 0.15) is 0 Å². The second-order valence-electron chi connectivity index (χ2n) is 4.51. The van der Waals surface area contributed by atoms with Gasteiger partial charge < -0.3 is 15.5 Å². The molecule has 1 aromatic carbocycles. The lowest BCUT2D eigenvalue weighted by molar-refractivity contribution is 0.276. The van der Waals surface area contributed by atoms with Gasteiger partial charge in [0.25, 0.3) is 0 Å². The van der Waals surface area contributed by atoms with Gasteiger partial charge in [-0.3, -0.25) is 0 Å². The van der Waals surface area contributed by atoms with Crippen molar-refractivity contribution in [1.29, 1.82) is 0 Å². The Kier molecular flexibility index (Phi) is 3.26. The monoisotopic (exact) mass is 239 g/mol. The van der Waals surface area contributed by atoms with Crippen molar-refractivity contribution in [2.45, 2.75) is 13.0 Å². The van der Waals surface area contributed by atoms with Gasteiger partial charge in [0, 0.05) is 30.7 Å². The van der Waals surface area contributed by atoms with E-state index in [1.54, 1.807) is 0 Å². The van der Waals surface area contributed by atoms with E-state index < -0.39 is 0 Å². The lowest BCUT2D eigenvalue weighted by Gasteiger charge is -2.40. The van der Waals surface area contributed by atoms with Gasteiger partial charge in [-0.2, -0.15) is 0 Å². The van der Waals surface area contributed by atoms with Crippen LogP contribution in [0.15, 0.2) is 18.2 Å². The van der Waals surface area contributed by atoms with Crippen LogP contribution in [0, 0.1) is 0 Å². The fourth-order valence-corrected chi connectivity index (χ4v) is 2.47. The van der Waals surface area contributed by atoms with Crippen molar-refractivity contribution in [2.24, 2.45) is 0 Å². The lowest BCUT2D eigenvalue weighted by Crippen LogP contribution is -2.50. The fourth-order valence-electron chi connectivity index (χ4n) is 2.28. The summed E-state index contributed by atoms with van der Waals surface area (Å²) in [6, 6.07) is 6.22. The molecule has 1 heterocycles. The van der Waals surface area contributed by atoms with Crippen molar-refractivity contribution in [3.05, 3.63) is 23.2 Å². The molecule has 1 aromatic rings. The van der Waals surface area contributed by atoms with Crippen LogP contribution in [-0.2, 0) is 0 Å². The van der Waals surface area contributed by atoms with Gasteiger partial charge in [0.15, 0.2) is 0 Å². The van der Waals surface area contributed by atoms with Gasteiger partial charge in [-0.1, -0.05) is 11.6 Å². The van der Waals surface area contributed by atoms with Gasteiger partial charge in [-0.15, -0.1) is 0 Å². The van der Waals surface area contributed by atoms with E-state index in [9.17, 15) is 0 Å². The average molecular weight is 240 g/mol. The van der Waals surface area contributed by atoms with Gasteiger partial charge in [-0.05, 0) is 32.2 Å². The van der Waals surface area contributed by atoms with Crippen molar-refractivity contribution >= 4 is 23.0 Å². The van der Waals surface area contributed by atoms with E-state index in [0.717, 1.165) is 31.0 Å². The first-order valence-electron chi connectivity index (χ1n) is 5.58. The average Bonchev–Trinajstić information content (AvgIpc) is 2.19. The third-order valence-corrected chi connectivity index (χ3v) is 3.36. The van der Waals surface area contributed by atoms with Gasteiger partial charge in [0.2, 0.25) is 0 Å². The Morgan fingerprint density at radius 1 is 1.38 bits per heavy atom. The Hall–Kier alpha value is -0.930. The number of anilines is 2. The predicted molar refractivity (Wildman–Crippen MR) is 70.2 cm³/mol. The smallest absolute Gasteiger partial charge is 0.0604 e. The molecule has 0 aliphatic carbocycles. The number of hydrogen-bond acceptors (Lipinski definition) is 3. The van der Waals surface area contributed by atoms with E-state index in [1.807, 2.05) is 18.2 Å². The molecule has 0 spiro atoms. The number of piperazine rings is 1. The largest absolute Gasteiger partial charge is 0.397 e. The minimum Gasteiger partial charge on any atom is -0.397 e. The summed E-state index contributed by atoms with van der Waals surface area (Å²) >= 11 is 5.91. The maximum Gasteiger partial charge on any atom is 0.0604 e. The van der Waals surface area contributed by atoms with Gasteiger partial charge >= 0.3 is 0 Å². The third kappa shape index (κ3) is 2.25. The van der Waals surface area contributed by atoms with Crippen LogP contribution in [0.2, 0.25) is 5.02 Å². The van der Waals surface area contributed by atoms with E-state index in [0.29, 0.717) is 11.1 Å². The number of halogens is 1. The normalized spacial score (nSPS) is 22.4. The highest BCUT2D eigenvalue weighted by Crippen LogP contribution is 2.29. The minimum absolute atomic E-state index is 0.488. The molecule has 2 rings (SSSR count). The highest BCUT2D eigenvalue weighted by Gasteiger charge is 2.22. The van der Waals surface area contributed by atoms with Crippen LogP contribution in [-0.4, -0.2) is 37.6 Å². The summed E-state index contributed by atoms with van der Waals surface area (Å²) in [7, 11) is 2.15. The molecule has 1 unspecified atom stereocenters. The number of nitrogens with two attached hydrogens (primary N) is 1. The molecule has 88 valence electrons. The predicted octanol–water partition coefficient (Wildman–Crippen LogP) is 2.06. The first-order chi connectivity index (χ1) is 7.58. The number of nitrogen functional groups attached to an aromatic ring is 1. The Labute approximate surface area is 102 Å². The van der Waals surface area contributed by atoms with Crippen molar-refractivity contribution in [3.8, 4) is 0 Å². The highest BCUT2D eigenvalue weighted by molar-refractivity contribution is 6.31. The first kappa shape index (κ1) is 11.6. The van der Waals surface area contributed by atoms with Gasteiger partial charge in [-0.25, -0.2) is 0 Å². The Morgan fingerprint density at radius 2 is 2.12 bits per heavy atom. The Morgan fingerprint density at radius 3 is 2.75 bits per heavy atom. The fraction of sp³-hybridized carbons (Fsp3) is 0.500. The molecule has 0 bridgehead atoms. The van der Waals surface area contributed by atoms with Crippen molar-refractivity contribution in [2.75, 3.05) is 37.3 Å². The van der Waals surface area contributed by atoms with Crippen LogP contribution in [0.1, 0.15) is 6.92 Å². The molecule has 1 aliphatic heterocycles. The topological polar surface area (TPSA) is 32.5 Å². The lowest BCUT2D eigenvalue weighted by atomic mass is 10.1. The number of hydrogen-bond donors (Lipinski definition) is 1. The summed E-state index contributed by atoms with van der Waals surface area (Å²) in [5.74, 6) is 0. The van der Waals surface area contributed by atoms with Crippen LogP contribution in [0.3, 0.4) is 0 Å². The van der Waals surface area contributed by atoms with Crippen LogP contribution < -0.4 is 10.6 Å². The van der Waals surface area contributed by atoms with Gasteiger partial charge in [0.05, 0.1) is 11.4 Å². The summed E-state index contributed by atoms with van der Waals surface area (Å²) in [5, 5.41) is 0.697. The molecule has 1 fully saturated rings. The second-order valence-corrected chi connectivity index (χ2v) is 4.94. The Balaban J connectivity index is 2.23. The maximum absolute atomic E-state index is 6.01. The Bertz CT molecular complexity index is 381. The summed E-state index contributed by atoms with van der Waals surface area (Å²) in [5.41, 5.74) is 7.88. The van der Waals surface area contributed by atoms with Crippen LogP contribution in [0.5, 0.6) is 0 Å². The molecule has 1 aliphatic rings.